The highest BCUT2D eigenvalue weighted by Gasteiger charge is 2.17. The second-order valence-corrected chi connectivity index (χ2v) is 8.23. The number of rotatable bonds is 7. The number of nitrogens with zero attached hydrogens (tertiary/aromatic N) is 2. The van der Waals surface area contributed by atoms with Crippen molar-refractivity contribution in [2.24, 2.45) is 5.92 Å². The van der Waals surface area contributed by atoms with Gasteiger partial charge in [-0.15, -0.1) is 10.2 Å². The van der Waals surface area contributed by atoms with E-state index in [1.807, 2.05) is 6.07 Å². The Hall–Kier alpha value is -1.47. The monoisotopic (exact) mass is 365 g/mol. The van der Waals surface area contributed by atoms with Crippen LogP contribution < -0.4 is 5.32 Å². The fourth-order valence-electron chi connectivity index (χ4n) is 2.91. The molecule has 1 saturated carbocycles. The molecule has 4 nitrogen and oxygen atoms in total. The fourth-order valence-corrected chi connectivity index (χ4v) is 4.62. The first-order valence-corrected chi connectivity index (χ1v) is 10.00. The minimum Gasteiger partial charge on any atom is -0.301 e. The van der Waals surface area contributed by atoms with Crippen molar-refractivity contribution in [1.82, 2.24) is 10.2 Å². The third-order valence-corrected chi connectivity index (χ3v) is 6.20. The smallest absolute Gasteiger partial charge is 0.226 e. The Balaban J connectivity index is 1.43. The molecule has 7 heteroatoms. The quantitative estimate of drug-likeness (QED) is 0.561. The zero-order chi connectivity index (χ0) is 16.8. The van der Waals surface area contributed by atoms with Crippen molar-refractivity contribution in [1.29, 1.82) is 0 Å². The summed E-state index contributed by atoms with van der Waals surface area (Å²) in [6.07, 6.45) is 6.63. The summed E-state index contributed by atoms with van der Waals surface area (Å²) in [5.41, 5.74) is 0.900. The van der Waals surface area contributed by atoms with E-state index in [4.69, 9.17) is 0 Å². The first kappa shape index (κ1) is 17.4. The average molecular weight is 365 g/mol. The third kappa shape index (κ3) is 5.27. The first-order valence-electron chi connectivity index (χ1n) is 8.19. The molecule has 0 saturated heterocycles. The van der Waals surface area contributed by atoms with Gasteiger partial charge in [0.25, 0.3) is 0 Å². The molecule has 24 heavy (non-hydrogen) atoms. The molecule has 0 atom stereocenters. The SMILES string of the molecule is O=C(CCC1CCCC1)Nc1nnc(SCc2cccc(F)c2)s1. The van der Waals surface area contributed by atoms with Crippen LogP contribution in [-0.2, 0) is 10.5 Å². The maximum atomic E-state index is 13.1. The number of nitrogens with one attached hydrogen (secondary N) is 1. The Labute approximate surface area is 149 Å². The highest BCUT2D eigenvalue weighted by atomic mass is 32.2. The van der Waals surface area contributed by atoms with Crippen molar-refractivity contribution >= 4 is 34.1 Å². The van der Waals surface area contributed by atoms with Gasteiger partial charge in [-0.25, -0.2) is 4.39 Å². The lowest BCUT2D eigenvalue weighted by Crippen LogP contribution is -2.12. The van der Waals surface area contributed by atoms with Crippen molar-refractivity contribution < 1.29 is 9.18 Å². The molecule has 3 rings (SSSR count). The molecule has 2 aromatic rings. The molecule has 0 bridgehead atoms. The van der Waals surface area contributed by atoms with Gasteiger partial charge in [0.05, 0.1) is 0 Å². The first-order chi connectivity index (χ1) is 11.7. The van der Waals surface area contributed by atoms with Gasteiger partial charge < -0.3 is 5.32 Å². The highest BCUT2D eigenvalue weighted by molar-refractivity contribution is 8.00. The lowest BCUT2D eigenvalue weighted by molar-refractivity contribution is -0.116. The van der Waals surface area contributed by atoms with Gasteiger partial charge in [-0.2, -0.15) is 0 Å². The Morgan fingerprint density at radius 1 is 1.33 bits per heavy atom. The largest absolute Gasteiger partial charge is 0.301 e. The molecular formula is C17H20FN3OS2. The molecule has 0 aliphatic heterocycles. The van der Waals surface area contributed by atoms with E-state index in [1.54, 1.807) is 6.07 Å². The molecule has 1 aromatic carbocycles. The Morgan fingerprint density at radius 3 is 2.96 bits per heavy atom. The Morgan fingerprint density at radius 2 is 2.17 bits per heavy atom. The predicted molar refractivity (Wildman–Crippen MR) is 95.7 cm³/mol. The summed E-state index contributed by atoms with van der Waals surface area (Å²) in [4.78, 5) is 12.0. The van der Waals surface area contributed by atoms with Gasteiger partial charge >= 0.3 is 0 Å². The number of hydrogen-bond donors (Lipinski definition) is 1. The molecule has 1 aliphatic rings. The van der Waals surface area contributed by atoms with Gasteiger partial charge in [-0.05, 0) is 30.0 Å². The van der Waals surface area contributed by atoms with Crippen LogP contribution in [0, 0.1) is 11.7 Å². The summed E-state index contributed by atoms with van der Waals surface area (Å²) in [5, 5.41) is 11.4. The summed E-state index contributed by atoms with van der Waals surface area (Å²) in [7, 11) is 0. The van der Waals surface area contributed by atoms with E-state index in [-0.39, 0.29) is 11.7 Å². The highest BCUT2D eigenvalue weighted by Crippen LogP contribution is 2.30. The lowest BCUT2D eigenvalue weighted by Gasteiger charge is -2.07. The number of benzene rings is 1. The molecule has 1 N–H and O–H groups in total. The molecule has 1 aromatic heterocycles. The molecule has 1 amide bonds. The number of thioether (sulfide) groups is 1. The summed E-state index contributed by atoms with van der Waals surface area (Å²) in [6, 6.07) is 6.52. The van der Waals surface area contributed by atoms with Gasteiger partial charge in [-0.1, -0.05) is 60.9 Å². The number of hydrogen-bond acceptors (Lipinski definition) is 5. The second-order valence-electron chi connectivity index (χ2n) is 6.03. The number of halogens is 1. The molecule has 1 fully saturated rings. The predicted octanol–water partition coefficient (Wildman–Crippen LogP) is 4.88. The number of anilines is 1. The molecule has 0 radical (unpaired) electrons. The molecular weight excluding hydrogens is 345 g/mol. The minimum atomic E-state index is -0.236. The average Bonchev–Trinajstić information content (AvgIpc) is 3.23. The van der Waals surface area contributed by atoms with Crippen LogP contribution in [0.5, 0.6) is 0 Å². The molecule has 1 heterocycles. The van der Waals surface area contributed by atoms with E-state index < -0.39 is 0 Å². The molecule has 128 valence electrons. The third-order valence-electron chi connectivity index (χ3n) is 4.16. The number of carbonyl (C=O) groups is 1. The van der Waals surface area contributed by atoms with Crippen molar-refractivity contribution in [2.75, 3.05) is 5.32 Å². The minimum absolute atomic E-state index is 0.0136. The summed E-state index contributed by atoms with van der Waals surface area (Å²) in [6.45, 7) is 0. The summed E-state index contributed by atoms with van der Waals surface area (Å²) in [5.74, 6) is 1.12. The van der Waals surface area contributed by atoms with Crippen molar-refractivity contribution in [3.05, 3.63) is 35.6 Å². The van der Waals surface area contributed by atoms with Gasteiger partial charge in [-0.3, -0.25) is 4.79 Å². The van der Waals surface area contributed by atoms with E-state index in [9.17, 15) is 9.18 Å². The second kappa shape index (κ2) is 8.58. The molecule has 1 aliphatic carbocycles. The van der Waals surface area contributed by atoms with Crippen LogP contribution in [0.15, 0.2) is 28.6 Å². The molecule has 0 spiro atoms. The van der Waals surface area contributed by atoms with Crippen molar-refractivity contribution in [3.63, 3.8) is 0 Å². The van der Waals surface area contributed by atoms with E-state index in [0.29, 0.717) is 23.2 Å². The van der Waals surface area contributed by atoms with Crippen LogP contribution in [0.4, 0.5) is 9.52 Å². The summed E-state index contributed by atoms with van der Waals surface area (Å²) < 4.78 is 13.9. The van der Waals surface area contributed by atoms with Crippen LogP contribution in [0.1, 0.15) is 44.1 Å². The van der Waals surface area contributed by atoms with Crippen LogP contribution in [-0.4, -0.2) is 16.1 Å². The van der Waals surface area contributed by atoms with Crippen LogP contribution in [0.3, 0.4) is 0 Å². The zero-order valence-electron chi connectivity index (χ0n) is 13.3. The van der Waals surface area contributed by atoms with E-state index in [0.717, 1.165) is 16.3 Å². The van der Waals surface area contributed by atoms with Crippen molar-refractivity contribution in [3.8, 4) is 0 Å². The van der Waals surface area contributed by atoms with Gasteiger partial charge in [0, 0.05) is 12.2 Å². The number of amides is 1. The normalized spacial score (nSPS) is 14.9. The van der Waals surface area contributed by atoms with E-state index >= 15 is 0 Å². The fraction of sp³-hybridized carbons (Fsp3) is 0.471. The maximum absolute atomic E-state index is 13.1. The summed E-state index contributed by atoms with van der Waals surface area (Å²) >= 11 is 2.85. The lowest BCUT2D eigenvalue weighted by atomic mass is 10.0. The Bertz CT molecular complexity index is 686. The number of aromatic nitrogens is 2. The van der Waals surface area contributed by atoms with Crippen LogP contribution in [0.2, 0.25) is 0 Å². The standard InChI is InChI=1S/C17H20FN3OS2/c18-14-7-3-6-13(10-14)11-23-17-21-20-16(24-17)19-15(22)9-8-12-4-1-2-5-12/h3,6-7,10,12H,1-2,4-5,8-9,11H2,(H,19,20,22). The Kier molecular flexibility index (Phi) is 6.20. The van der Waals surface area contributed by atoms with Gasteiger partial charge in [0.2, 0.25) is 11.0 Å². The molecule has 0 unspecified atom stereocenters. The van der Waals surface area contributed by atoms with Crippen molar-refractivity contribution in [2.45, 2.75) is 48.6 Å². The van der Waals surface area contributed by atoms with E-state index in [1.165, 1.54) is 60.9 Å². The van der Waals surface area contributed by atoms with Crippen LogP contribution >= 0.6 is 23.1 Å². The van der Waals surface area contributed by atoms with Crippen LogP contribution in [0.25, 0.3) is 0 Å². The van der Waals surface area contributed by atoms with Gasteiger partial charge in [0.15, 0.2) is 4.34 Å². The zero-order valence-corrected chi connectivity index (χ0v) is 15.0. The maximum Gasteiger partial charge on any atom is 0.226 e. The van der Waals surface area contributed by atoms with Gasteiger partial charge in [0.1, 0.15) is 5.82 Å². The number of carbonyl (C=O) groups excluding carboxylic acids is 1. The van der Waals surface area contributed by atoms with E-state index in [2.05, 4.69) is 15.5 Å². The topological polar surface area (TPSA) is 54.9 Å².